The van der Waals surface area contributed by atoms with Crippen LogP contribution >= 0.6 is 0 Å². The molecule has 0 atom stereocenters. The first kappa shape index (κ1) is 11.4. The fourth-order valence-corrected chi connectivity index (χ4v) is 2.59. The predicted octanol–water partition coefficient (Wildman–Crippen LogP) is 1.47. The van der Waals surface area contributed by atoms with E-state index in [0.717, 1.165) is 43.7 Å². The van der Waals surface area contributed by atoms with Gasteiger partial charge in [-0.1, -0.05) is 12.1 Å². The molecule has 4 heteroatoms. The molecule has 0 aliphatic carbocycles. The molecule has 1 saturated heterocycles. The van der Waals surface area contributed by atoms with Crippen molar-refractivity contribution in [1.82, 2.24) is 15.3 Å². The van der Waals surface area contributed by atoms with Crippen LogP contribution in [0.3, 0.4) is 0 Å². The Bertz CT molecular complexity index is 599. The zero-order chi connectivity index (χ0) is 12.4. The lowest BCUT2D eigenvalue weighted by Gasteiger charge is -2.21. The van der Waals surface area contributed by atoms with Crippen molar-refractivity contribution < 1.29 is 0 Å². The summed E-state index contributed by atoms with van der Waals surface area (Å²) < 4.78 is 0. The van der Waals surface area contributed by atoms with E-state index < -0.39 is 0 Å². The average Bonchev–Trinajstić information content (AvgIpc) is 2.40. The summed E-state index contributed by atoms with van der Waals surface area (Å²) >= 11 is 0. The fraction of sp³-hybridized carbons (Fsp3) is 0.429. The van der Waals surface area contributed by atoms with Crippen molar-refractivity contribution in [2.24, 2.45) is 5.92 Å². The number of aromatic nitrogens is 2. The van der Waals surface area contributed by atoms with Gasteiger partial charge in [0, 0.05) is 6.42 Å². The number of H-pyrrole nitrogens is 1. The first-order chi connectivity index (χ1) is 8.83. The van der Waals surface area contributed by atoms with E-state index in [2.05, 4.69) is 15.3 Å². The standard InChI is InChI=1S/C14H17N3O/c18-14-11-3-1-2-4-12(11)16-13(17-14)9-10-5-7-15-8-6-10/h1-4,10,15H,5-9H2,(H,16,17,18). The number of aromatic amines is 1. The highest BCUT2D eigenvalue weighted by Crippen LogP contribution is 2.16. The van der Waals surface area contributed by atoms with Crippen LogP contribution in [0.4, 0.5) is 0 Å². The van der Waals surface area contributed by atoms with Crippen molar-refractivity contribution in [2.45, 2.75) is 19.3 Å². The summed E-state index contributed by atoms with van der Waals surface area (Å²) in [5.41, 5.74) is 0.773. The van der Waals surface area contributed by atoms with E-state index >= 15 is 0 Å². The number of para-hydroxylation sites is 1. The summed E-state index contributed by atoms with van der Waals surface area (Å²) in [5, 5.41) is 4.02. The molecule has 0 bridgehead atoms. The maximum absolute atomic E-state index is 11.9. The second-order valence-electron chi connectivity index (χ2n) is 4.93. The molecule has 1 aliphatic heterocycles. The van der Waals surface area contributed by atoms with E-state index in [1.165, 1.54) is 0 Å². The molecular formula is C14H17N3O. The molecule has 18 heavy (non-hydrogen) atoms. The molecule has 0 spiro atoms. The van der Waals surface area contributed by atoms with Crippen LogP contribution in [0.1, 0.15) is 18.7 Å². The van der Waals surface area contributed by atoms with Crippen molar-refractivity contribution in [1.29, 1.82) is 0 Å². The first-order valence-electron chi connectivity index (χ1n) is 6.51. The molecule has 94 valence electrons. The molecule has 1 aromatic carbocycles. The first-order valence-corrected chi connectivity index (χ1v) is 6.51. The van der Waals surface area contributed by atoms with E-state index in [-0.39, 0.29) is 5.56 Å². The number of piperidine rings is 1. The molecule has 4 nitrogen and oxygen atoms in total. The van der Waals surface area contributed by atoms with E-state index in [0.29, 0.717) is 11.3 Å². The van der Waals surface area contributed by atoms with Crippen molar-refractivity contribution in [2.75, 3.05) is 13.1 Å². The van der Waals surface area contributed by atoms with E-state index in [9.17, 15) is 4.79 Å². The lowest BCUT2D eigenvalue weighted by Crippen LogP contribution is -2.29. The zero-order valence-electron chi connectivity index (χ0n) is 10.3. The number of benzene rings is 1. The predicted molar refractivity (Wildman–Crippen MR) is 71.7 cm³/mol. The third kappa shape index (κ3) is 2.29. The van der Waals surface area contributed by atoms with Gasteiger partial charge < -0.3 is 10.3 Å². The van der Waals surface area contributed by atoms with Crippen LogP contribution in [0.5, 0.6) is 0 Å². The number of nitrogens with one attached hydrogen (secondary N) is 2. The number of fused-ring (bicyclic) bond motifs is 1. The van der Waals surface area contributed by atoms with Crippen LogP contribution in [0.15, 0.2) is 29.1 Å². The van der Waals surface area contributed by atoms with E-state index in [1.807, 2.05) is 24.3 Å². The summed E-state index contributed by atoms with van der Waals surface area (Å²) in [6, 6.07) is 7.50. The Morgan fingerprint density at radius 3 is 2.83 bits per heavy atom. The number of hydrogen-bond donors (Lipinski definition) is 2. The number of nitrogens with zero attached hydrogens (tertiary/aromatic N) is 1. The van der Waals surface area contributed by atoms with Crippen LogP contribution in [-0.2, 0) is 6.42 Å². The highest BCUT2D eigenvalue weighted by Gasteiger charge is 2.15. The highest BCUT2D eigenvalue weighted by atomic mass is 16.1. The van der Waals surface area contributed by atoms with Gasteiger partial charge in [-0.15, -0.1) is 0 Å². The van der Waals surface area contributed by atoms with Gasteiger partial charge in [-0.2, -0.15) is 0 Å². The van der Waals surface area contributed by atoms with Gasteiger partial charge in [-0.3, -0.25) is 4.79 Å². The van der Waals surface area contributed by atoms with Crippen molar-refractivity contribution in [3.63, 3.8) is 0 Å². The molecule has 1 aromatic heterocycles. The van der Waals surface area contributed by atoms with Gasteiger partial charge in [0.2, 0.25) is 0 Å². The Balaban J connectivity index is 1.90. The second kappa shape index (κ2) is 4.90. The van der Waals surface area contributed by atoms with Gasteiger partial charge in [0.05, 0.1) is 10.9 Å². The lowest BCUT2D eigenvalue weighted by atomic mass is 9.94. The van der Waals surface area contributed by atoms with Gasteiger partial charge >= 0.3 is 0 Å². The minimum absolute atomic E-state index is 0.0236. The minimum Gasteiger partial charge on any atom is -0.317 e. The van der Waals surface area contributed by atoms with Crippen LogP contribution in [-0.4, -0.2) is 23.1 Å². The van der Waals surface area contributed by atoms with Crippen LogP contribution in [0, 0.1) is 5.92 Å². The summed E-state index contributed by atoms with van der Waals surface area (Å²) in [5.74, 6) is 1.46. The molecule has 0 amide bonds. The summed E-state index contributed by atoms with van der Waals surface area (Å²) in [7, 11) is 0. The van der Waals surface area contributed by atoms with Crippen LogP contribution < -0.4 is 10.9 Å². The number of hydrogen-bond acceptors (Lipinski definition) is 3. The molecule has 1 aliphatic rings. The summed E-state index contributed by atoms with van der Waals surface area (Å²) in [6.07, 6.45) is 3.20. The maximum Gasteiger partial charge on any atom is 0.258 e. The van der Waals surface area contributed by atoms with Gasteiger partial charge in [0.1, 0.15) is 5.82 Å². The lowest BCUT2D eigenvalue weighted by molar-refractivity contribution is 0.367. The van der Waals surface area contributed by atoms with Crippen molar-refractivity contribution >= 4 is 10.9 Å². The minimum atomic E-state index is -0.0236. The normalized spacial score (nSPS) is 17.1. The van der Waals surface area contributed by atoms with Gasteiger partial charge in [0.25, 0.3) is 5.56 Å². The molecule has 2 N–H and O–H groups in total. The molecule has 2 heterocycles. The Labute approximate surface area is 105 Å². The molecule has 2 aromatic rings. The monoisotopic (exact) mass is 243 g/mol. The third-order valence-corrected chi connectivity index (χ3v) is 3.60. The van der Waals surface area contributed by atoms with Gasteiger partial charge in [-0.25, -0.2) is 4.98 Å². The second-order valence-corrected chi connectivity index (χ2v) is 4.93. The summed E-state index contributed by atoms with van der Waals surface area (Å²) in [4.78, 5) is 19.4. The van der Waals surface area contributed by atoms with Crippen LogP contribution in [0.25, 0.3) is 10.9 Å². The molecule has 3 rings (SSSR count). The number of rotatable bonds is 2. The van der Waals surface area contributed by atoms with Crippen molar-refractivity contribution in [3.05, 3.63) is 40.4 Å². The third-order valence-electron chi connectivity index (χ3n) is 3.60. The summed E-state index contributed by atoms with van der Waals surface area (Å²) in [6.45, 7) is 2.14. The Kier molecular flexibility index (Phi) is 3.11. The van der Waals surface area contributed by atoms with Crippen molar-refractivity contribution in [3.8, 4) is 0 Å². The van der Waals surface area contributed by atoms with E-state index in [4.69, 9.17) is 0 Å². The molecular weight excluding hydrogens is 226 g/mol. The van der Waals surface area contributed by atoms with Gasteiger partial charge in [0.15, 0.2) is 0 Å². The molecule has 0 unspecified atom stereocenters. The van der Waals surface area contributed by atoms with E-state index in [1.54, 1.807) is 0 Å². The maximum atomic E-state index is 11.9. The molecule has 0 radical (unpaired) electrons. The Morgan fingerprint density at radius 1 is 1.22 bits per heavy atom. The largest absolute Gasteiger partial charge is 0.317 e. The average molecular weight is 243 g/mol. The molecule has 0 saturated carbocycles. The Morgan fingerprint density at radius 2 is 2.00 bits per heavy atom. The Hall–Kier alpha value is -1.68. The fourth-order valence-electron chi connectivity index (χ4n) is 2.59. The zero-order valence-corrected chi connectivity index (χ0v) is 10.3. The topological polar surface area (TPSA) is 57.8 Å². The van der Waals surface area contributed by atoms with Crippen LogP contribution in [0.2, 0.25) is 0 Å². The quantitative estimate of drug-likeness (QED) is 0.839. The highest BCUT2D eigenvalue weighted by molar-refractivity contribution is 5.77. The van der Waals surface area contributed by atoms with Gasteiger partial charge in [-0.05, 0) is 44.0 Å². The smallest absolute Gasteiger partial charge is 0.258 e. The molecule has 1 fully saturated rings. The SMILES string of the molecule is O=c1[nH]c(CC2CCNCC2)nc2ccccc12.